The van der Waals surface area contributed by atoms with E-state index >= 15 is 0 Å². The second-order valence-electron chi connectivity index (χ2n) is 4.65. The average molecular weight is 220 g/mol. The van der Waals surface area contributed by atoms with Crippen LogP contribution in [0.5, 0.6) is 0 Å². The highest BCUT2D eigenvalue weighted by molar-refractivity contribution is 5.12. The van der Waals surface area contributed by atoms with Crippen LogP contribution >= 0.6 is 0 Å². The van der Waals surface area contributed by atoms with Crippen LogP contribution in [0.2, 0.25) is 0 Å². The van der Waals surface area contributed by atoms with E-state index in [0.29, 0.717) is 0 Å². The van der Waals surface area contributed by atoms with Crippen molar-refractivity contribution in [3.63, 3.8) is 0 Å². The van der Waals surface area contributed by atoms with Crippen LogP contribution in [-0.2, 0) is 11.2 Å². The Balaban J connectivity index is 2.04. The van der Waals surface area contributed by atoms with Gasteiger partial charge in [0.1, 0.15) is 0 Å². The largest absolute Gasteiger partial charge is 0.377 e. The molecule has 0 bridgehead atoms. The molecule has 1 unspecified atom stereocenters. The predicted molar refractivity (Wildman–Crippen MR) is 64.1 cm³/mol. The van der Waals surface area contributed by atoms with E-state index in [1.165, 1.54) is 18.4 Å². The van der Waals surface area contributed by atoms with Gasteiger partial charge in [-0.3, -0.25) is 4.98 Å². The summed E-state index contributed by atoms with van der Waals surface area (Å²) in [5.74, 6) is 0. The minimum absolute atomic E-state index is 0.0733. The van der Waals surface area contributed by atoms with Crippen LogP contribution in [-0.4, -0.2) is 23.7 Å². The molecule has 1 heterocycles. The first-order valence-corrected chi connectivity index (χ1v) is 5.96. The van der Waals surface area contributed by atoms with Gasteiger partial charge in [-0.2, -0.15) is 0 Å². The average Bonchev–Trinajstić information content (AvgIpc) is 2.80. The minimum atomic E-state index is -0.101. The fourth-order valence-corrected chi connectivity index (χ4v) is 2.66. The molecule has 1 fully saturated rings. The highest BCUT2D eigenvalue weighted by Crippen LogP contribution is 2.35. The molecule has 1 saturated carbocycles. The SMILES string of the molecule is COC1(C(N)Cc2cccnc2)CCCC1. The first-order chi connectivity index (χ1) is 7.77. The molecule has 0 saturated heterocycles. The van der Waals surface area contributed by atoms with Gasteiger partial charge in [-0.25, -0.2) is 0 Å². The van der Waals surface area contributed by atoms with Gasteiger partial charge in [0.25, 0.3) is 0 Å². The van der Waals surface area contributed by atoms with E-state index in [-0.39, 0.29) is 11.6 Å². The number of pyridine rings is 1. The molecule has 1 aliphatic rings. The van der Waals surface area contributed by atoms with Crippen LogP contribution < -0.4 is 5.73 Å². The number of nitrogens with two attached hydrogens (primary N) is 1. The second-order valence-corrected chi connectivity index (χ2v) is 4.65. The summed E-state index contributed by atoms with van der Waals surface area (Å²) >= 11 is 0. The highest BCUT2D eigenvalue weighted by atomic mass is 16.5. The zero-order valence-corrected chi connectivity index (χ0v) is 9.86. The number of nitrogens with zero attached hydrogens (tertiary/aromatic N) is 1. The summed E-state index contributed by atoms with van der Waals surface area (Å²) in [6.45, 7) is 0. The van der Waals surface area contributed by atoms with Crippen molar-refractivity contribution in [1.82, 2.24) is 4.98 Å². The predicted octanol–water partition coefficient (Wildman–Crippen LogP) is 1.91. The summed E-state index contributed by atoms with van der Waals surface area (Å²) in [5.41, 5.74) is 7.40. The Labute approximate surface area is 97.0 Å². The Hall–Kier alpha value is -0.930. The van der Waals surface area contributed by atoms with Crippen molar-refractivity contribution in [2.45, 2.75) is 43.7 Å². The molecule has 0 aromatic carbocycles. The van der Waals surface area contributed by atoms with Crippen molar-refractivity contribution in [1.29, 1.82) is 0 Å². The number of ether oxygens (including phenoxy) is 1. The third kappa shape index (κ3) is 2.25. The maximum atomic E-state index is 6.30. The van der Waals surface area contributed by atoms with Crippen LogP contribution in [0.25, 0.3) is 0 Å². The Bertz CT molecular complexity index is 320. The standard InChI is InChI=1S/C13H20N2O/c1-16-13(6-2-3-7-13)12(14)9-11-5-4-8-15-10-11/h4-5,8,10,12H,2-3,6-7,9,14H2,1H3. The van der Waals surface area contributed by atoms with E-state index in [0.717, 1.165) is 19.3 Å². The van der Waals surface area contributed by atoms with E-state index in [2.05, 4.69) is 11.1 Å². The van der Waals surface area contributed by atoms with Crippen LogP contribution in [0.15, 0.2) is 24.5 Å². The third-order valence-electron chi connectivity index (χ3n) is 3.71. The molecule has 1 atom stereocenters. The zero-order valence-electron chi connectivity index (χ0n) is 9.86. The Morgan fingerprint density at radius 3 is 2.81 bits per heavy atom. The molecule has 1 aliphatic carbocycles. The Morgan fingerprint density at radius 2 is 2.25 bits per heavy atom. The van der Waals surface area contributed by atoms with Gasteiger partial charge in [0.15, 0.2) is 0 Å². The van der Waals surface area contributed by atoms with Gasteiger partial charge in [0, 0.05) is 25.5 Å². The molecule has 1 aromatic heterocycles. The first kappa shape index (κ1) is 11.6. The lowest BCUT2D eigenvalue weighted by atomic mass is 9.88. The maximum absolute atomic E-state index is 6.30. The summed E-state index contributed by atoms with van der Waals surface area (Å²) in [6.07, 6.45) is 9.16. The number of rotatable bonds is 4. The topological polar surface area (TPSA) is 48.1 Å². The molecular formula is C13H20N2O. The highest BCUT2D eigenvalue weighted by Gasteiger charge is 2.39. The number of aromatic nitrogens is 1. The van der Waals surface area contributed by atoms with Crippen LogP contribution in [0.1, 0.15) is 31.2 Å². The smallest absolute Gasteiger partial charge is 0.0832 e. The normalized spacial score (nSPS) is 20.9. The van der Waals surface area contributed by atoms with Crippen LogP contribution in [0.4, 0.5) is 0 Å². The lowest BCUT2D eigenvalue weighted by molar-refractivity contribution is -0.0253. The van der Waals surface area contributed by atoms with Crippen molar-refractivity contribution < 1.29 is 4.74 Å². The summed E-state index contributed by atoms with van der Waals surface area (Å²) < 4.78 is 5.69. The molecule has 0 amide bonds. The molecule has 3 heteroatoms. The summed E-state index contributed by atoms with van der Waals surface area (Å²) in [4.78, 5) is 4.12. The van der Waals surface area contributed by atoms with Crippen LogP contribution in [0, 0.1) is 0 Å². The molecule has 0 aliphatic heterocycles. The van der Waals surface area contributed by atoms with Crippen molar-refractivity contribution in [2.75, 3.05) is 7.11 Å². The van der Waals surface area contributed by atoms with Crippen molar-refractivity contribution in [3.05, 3.63) is 30.1 Å². The van der Waals surface area contributed by atoms with Gasteiger partial charge < -0.3 is 10.5 Å². The van der Waals surface area contributed by atoms with E-state index < -0.39 is 0 Å². The van der Waals surface area contributed by atoms with Gasteiger partial charge in [0.2, 0.25) is 0 Å². The number of hydrogen-bond donors (Lipinski definition) is 1. The molecule has 0 radical (unpaired) electrons. The molecule has 0 spiro atoms. The van der Waals surface area contributed by atoms with Crippen molar-refractivity contribution >= 4 is 0 Å². The Morgan fingerprint density at radius 1 is 1.50 bits per heavy atom. The Kier molecular flexibility index (Phi) is 3.56. The second kappa shape index (κ2) is 4.93. The molecular weight excluding hydrogens is 200 g/mol. The maximum Gasteiger partial charge on any atom is 0.0832 e. The van der Waals surface area contributed by atoms with Crippen molar-refractivity contribution in [3.8, 4) is 0 Å². The van der Waals surface area contributed by atoms with Crippen molar-refractivity contribution in [2.24, 2.45) is 5.73 Å². The van der Waals surface area contributed by atoms with Gasteiger partial charge in [-0.05, 0) is 30.9 Å². The third-order valence-corrected chi connectivity index (χ3v) is 3.71. The fraction of sp³-hybridized carbons (Fsp3) is 0.615. The summed E-state index contributed by atoms with van der Waals surface area (Å²) in [6, 6.07) is 4.10. The van der Waals surface area contributed by atoms with Gasteiger partial charge in [-0.15, -0.1) is 0 Å². The monoisotopic (exact) mass is 220 g/mol. The molecule has 2 N–H and O–H groups in total. The zero-order chi connectivity index (χ0) is 11.4. The van der Waals surface area contributed by atoms with Crippen LogP contribution in [0.3, 0.4) is 0 Å². The quantitative estimate of drug-likeness (QED) is 0.843. The number of methoxy groups -OCH3 is 1. The van der Waals surface area contributed by atoms with Gasteiger partial charge in [0.05, 0.1) is 5.60 Å². The summed E-state index contributed by atoms with van der Waals surface area (Å²) in [7, 11) is 1.79. The summed E-state index contributed by atoms with van der Waals surface area (Å²) in [5, 5.41) is 0. The first-order valence-electron chi connectivity index (χ1n) is 5.96. The molecule has 3 nitrogen and oxygen atoms in total. The van der Waals surface area contributed by atoms with E-state index in [1.54, 1.807) is 13.3 Å². The number of hydrogen-bond acceptors (Lipinski definition) is 3. The molecule has 2 rings (SSSR count). The minimum Gasteiger partial charge on any atom is -0.377 e. The van der Waals surface area contributed by atoms with Gasteiger partial charge >= 0.3 is 0 Å². The molecule has 1 aromatic rings. The molecule has 88 valence electrons. The van der Waals surface area contributed by atoms with Gasteiger partial charge in [-0.1, -0.05) is 18.9 Å². The molecule has 16 heavy (non-hydrogen) atoms. The lowest BCUT2D eigenvalue weighted by Gasteiger charge is -2.34. The van der Waals surface area contributed by atoms with E-state index in [9.17, 15) is 0 Å². The van der Waals surface area contributed by atoms with E-state index in [1.807, 2.05) is 12.3 Å². The fourth-order valence-electron chi connectivity index (χ4n) is 2.66. The van der Waals surface area contributed by atoms with E-state index in [4.69, 9.17) is 10.5 Å². The lowest BCUT2D eigenvalue weighted by Crippen LogP contribution is -2.48.